The van der Waals surface area contributed by atoms with E-state index in [9.17, 15) is 9.90 Å². The van der Waals surface area contributed by atoms with Crippen LogP contribution in [0.1, 0.15) is 34.8 Å². The van der Waals surface area contributed by atoms with Crippen molar-refractivity contribution in [1.82, 2.24) is 4.90 Å². The predicted molar refractivity (Wildman–Crippen MR) is 80.8 cm³/mol. The first-order valence-electron chi connectivity index (χ1n) is 7.20. The van der Waals surface area contributed by atoms with Gasteiger partial charge in [0.15, 0.2) is 0 Å². The van der Waals surface area contributed by atoms with Crippen molar-refractivity contribution in [3.63, 3.8) is 0 Å². The molecule has 4 heteroatoms. The summed E-state index contributed by atoms with van der Waals surface area (Å²) >= 11 is 0. The second-order valence-corrected chi connectivity index (χ2v) is 5.52. The number of amides is 1. The molecule has 1 saturated heterocycles. The zero-order valence-electron chi connectivity index (χ0n) is 12.5. The second kappa shape index (κ2) is 6.75. The molecule has 1 aliphatic heterocycles. The first kappa shape index (κ1) is 15.6. The predicted octanol–water partition coefficient (Wildman–Crippen LogP) is 1.18. The monoisotopic (exact) mass is 287 g/mol. The van der Waals surface area contributed by atoms with Crippen LogP contribution in [0, 0.1) is 24.7 Å². The molecule has 1 aromatic rings. The lowest BCUT2D eigenvalue weighted by Crippen LogP contribution is -2.40. The Balaban J connectivity index is 2.35. The van der Waals surface area contributed by atoms with Crippen LogP contribution in [0.2, 0.25) is 0 Å². The molecule has 2 rings (SSSR count). The highest BCUT2D eigenvalue weighted by Crippen LogP contribution is 2.26. The number of benzene rings is 1. The van der Waals surface area contributed by atoms with E-state index in [1.54, 1.807) is 11.0 Å². The van der Waals surface area contributed by atoms with Crippen LogP contribution in [-0.4, -0.2) is 46.8 Å². The number of hydrogen-bond donors (Lipinski definition) is 2. The molecular formula is C17H21NO3. The quantitative estimate of drug-likeness (QED) is 0.803. The Hall–Kier alpha value is -1.83. The SMILES string of the molecule is Cc1ccc(C(=O)N2CCC(C)C2CO)c(C#CCO)c1. The van der Waals surface area contributed by atoms with E-state index in [0.717, 1.165) is 12.0 Å². The van der Waals surface area contributed by atoms with E-state index in [-0.39, 0.29) is 25.2 Å². The highest BCUT2D eigenvalue weighted by molar-refractivity contribution is 5.97. The van der Waals surface area contributed by atoms with E-state index < -0.39 is 0 Å². The average molecular weight is 287 g/mol. The molecular weight excluding hydrogens is 266 g/mol. The lowest BCUT2D eigenvalue weighted by atomic mass is 10.0. The minimum Gasteiger partial charge on any atom is -0.394 e. The maximum Gasteiger partial charge on any atom is 0.255 e. The first-order valence-corrected chi connectivity index (χ1v) is 7.20. The third-order valence-electron chi connectivity index (χ3n) is 4.04. The Morgan fingerprint density at radius 3 is 2.86 bits per heavy atom. The molecule has 112 valence electrons. The van der Waals surface area contributed by atoms with E-state index >= 15 is 0 Å². The number of carbonyl (C=O) groups excluding carboxylic acids is 1. The summed E-state index contributed by atoms with van der Waals surface area (Å²) < 4.78 is 0. The molecule has 0 saturated carbocycles. The van der Waals surface area contributed by atoms with Gasteiger partial charge in [-0.2, -0.15) is 0 Å². The number of carbonyl (C=O) groups is 1. The summed E-state index contributed by atoms with van der Waals surface area (Å²) in [6.07, 6.45) is 0.903. The van der Waals surface area contributed by atoms with Crippen molar-refractivity contribution in [3.8, 4) is 11.8 Å². The number of aliphatic hydroxyl groups is 2. The molecule has 2 atom stereocenters. The average Bonchev–Trinajstić information content (AvgIpc) is 2.85. The minimum atomic E-state index is -0.235. The fourth-order valence-electron chi connectivity index (χ4n) is 2.78. The molecule has 2 N–H and O–H groups in total. The maximum atomic E-state index is 12.7. The molecule has 0 aromatic heterocycles. The molecule has 1 amide bonds. The standard InChI is InChI=1S/C17H21NO3/c1-12-5-6-15(14(10-12)4-3-9-19)17(21)18-8-7-13(2)16(18)11-20/h5-6,10,13,16,19-20H,7-9,11H2,1-2H3. The van der Waals surface area contributed by atoms with Gasteiger partial charge in [0, 0.05) is 12.1 Å². The zero-order chi connectivity index (χ0) is 15.4. The van der Waals surface area contributed by atoms with Gasteiger partial charge in [-0.15, -0.1) is 0 Å². The Kier molecular flexibility index (Phi) is 5.00. The number of hydrogen-bond acceptors (Lipinski definition) is 3. The van der Waals surface area contributed by atoms with Crippen molar-refractivity contribution in [2.75, 3.05) is 19.8 Å². The van der Waals surface area contributed by atoms with Gasteiger partial charge in [-0.3, -0.25) is 4.79 Å². The van der Waals surface area contributed by atoms with Crippen LogP contribution < -0.4 is 0 Å². The summed E-state index contributed by atoms with van der Waals surface area (Å²) in [5, 5.41) is 18.4. The Labute approximate surface area is 125 Å². The first-order chi connectivity index (χ1) is 10.1. The molecule has 0 spiro atoms. The van der Waals surface area contributed by atoms with Crippen molar-refractivity contribution in [2.24, 2.45) is 5.92 Å². The minimum absolute atomic E-state index is 0.0174. The smallest absolute Gasteiger partial charge is 0.255 e. The van der Waals surface area contributed by atoms with Crippen LogP contribution in [0.5, 0.6) is 0 Å². The van der Waals surface area contributed by atoms with Crippen LogP contribution in [0.3, 0.4) is 0 Å². The van der Waals surface area contributed by atoms with Gasteiger partial charge in [0.05, 0.1) is 18.2 Å². The van der Waals surface area contributed by atoms with Gasteiger partial charge in [-0.25, -0.2) is 0 Å². The zero-order valence-corrected chi connectivity index (χ0v) is 12.5. The molecule has 1 heterocycles. The normalized spacial score (nSPS) is 21.0. The van der Waals surface area contributed by atoms with Crippen molar-refractivity contribution >= 4 is 5.91 Å². The molecule has 0 aliphatic carbocycles. The summed E-state index contributed by atoms with van der Waals surface area (Å²) in [5.41, 5.74) is 2.18. The second-order valence-electron chi connectivity index (χ2n) is 5.52. The van der Waals surface area contributed by atoms with Crippen molar-refractivity contribution < 1.29 is 15.0 Å². The number of likely N-dealkylation sites (tertiary alicyclic amines) is 1. The van der Waals surface area contributed by atoms with Crippen LogP contribution >= 0.6 is 0 Å². The van der Waals surface area contributed by atoms with Gasteiger partial charge in [-0.05, 0) is 37.0 Å². The van der Waals surface area contributed by atoms with Gasteiger partial charge in [0.25, 0.3) is 5.91 Å². The molecule has 1 aromatic carbocycles. The van der Waals surface area contributed by atoms with Gasteiger partial charge in [0.1, 0.15) is 6.61 Å². The van der Waals surface area contributed by atoms with Gasteiger partial charge >= 0.3 is 0 Å². The number of aryl methyl sites for hydroxylation is 1. The summed E-state index contributed by atoms with van der Waals surface area (Å²) in [4.78, 5) is 14.5. The lowest BCUT2D eigenvalue weighted by molar-refractivity contribution is 0.0648. The molecule has 21 heavy (non-hydrogen) atoms. The van der Waals surface area contributed by atoms with Crippen molar-refractivity contribution in [3.05, 3.63) is 34.9 Å². The fraction of sp³-hybridized carbons (Fsp3) is 0.471. The highest BCUT2D eigenvalue weighted by atomic mass is 16.3. The van der Waals surface area contributed by atoms with E-state index in [4.69, 9.17) is 5.11 Å². The molecule has 0 radical (unpaired) electrons. The summed E-state index contributed by atoms with van der Waals surface area (Å²) in [6.45, 7) is 4.40. The third kappa shape index (κ3) is 3.26. The van der Waals surface area contributed by atoms with E-state index in [2.05, 4.69) is 18.8 Å². The van der Waals surface area contributed by atoms with Gasteiger partial charge < -0.3 is 15.1 Å². The Bertz CT molecular complexity index is 585. The molecule has 0 bridgehead atoms. The number of rotatable bonds is 2. The maximum absolute atomic E-state index is 12.7. The van der Waals surface area contributed by atoms with Crippen LogP contribution in [0.25, 0.3) is 0 Å². The highest BCUT2D eigenvalue weighted by Gasteiger charge is 2.34. The number of nitrogens with zero attached hydrogens (tertiary/aromatic N) is 1. The molecule has 1 aliphatic rings. The van der Waals surface area contributed by atoms with Gasteiger partial charge in [-0.1, -0.05) is 24.8 Å². The van der Waals surface area contributed by atoms with Crippen molar-refractivity contribution in [2.45, 2.75) is 26.3 Å². The summed E-state index contributed by atoms with van der Waals surface area (Å²) in [5.74, 6) is 5.64. The van der Waals surface area contributed by atoms with Crippen LogP contribution in [0.15, 0.2) is 18.2 Å². The molecule has 4 nitrogen and oxygen atoms in total. The number of aliphatic hydroxyl groups excluding tert-OH is 2. The van der Waals surface area contributed by atoms with E-state index in [1.165, 1.54) is 0 Å². The van der Waals surface area contributed by atoms with E-state index in [0.29, 0.717) is 23.6 Å². The lowest BCUT2D eigenvalue weighted by Gasteiger charge is -2.25. The Morgan fingerprint density at radius 2 is 2.19 bits per heavy atom. The third-order valence-corrected chi connectivity index (χ3v) is 4.04. The molecule has 2 unspecified atom stereocenters. The topological polar surface area (TPSA) is 60.8 Å². The Morgan fingerprint density at radius 1 is 1.43 bits per heavy atom. The van der Waals surface area contributed by atoms with Gasteiger partial charge in [0.2, 0.25) is 0 Å². The van der Waals surface area contributed by atoms with Crippen LogP contribution in [0.4, 0.5) is 0 Å². The summed E-state index contributed by atoms with van der Waals surface area (Å²) in [7, 11) is 0. The largest absolute Gasteiger partial charge is 0.394 e. The molecule has 1 fully saturated rings. The van der Waals surface area contributed by atoms with E-state index in [1.807, 2.05) is 19.1 Å². The fourth-order valence-corrected chi connectivity index (χ4v) is 2.78. The van der Waals surface area contributed by atoms with Crippen LogP contribution in [-0.2, 0) is 0 Å². The van der Waals surface area contributed by atoms with Crippen molar-refractivity contribution in [1.29, 1.82) is 0 Å². The summed E-state index contributed by atoms with van der Waals surface area (Å²) in [6, 6.07) is 5.38.